The summed E-state index contributed by atoms with van der Waals surface area (Å²) in [6.45, 7) is 7.22. The standard InChI is InChI=1S/C29H29N3O2/c1-20-8-13-26-24(18-20)25(19-27(30-26)22-9-11-23(34-3)12-10-22)29(33)32-16-14-31(15-17-32)28-7-5-4-6-21(28)2/h4-13,18-19H,14-17H2,1-3H3. The summed E-state index contributed by atoms with van der Waals surface area (Å²) < 4.78 is 5.29. The molecule has 4 aromatic rings. The summed E-state index contributed by atoms with van der Waals surface area (Å²) in [5.41, 5.74) is 6.93. The van der Waals surface area contributed by atoms with E-state index in [0.717, 1.165) is 46.6 Å². The molecule has 0 aliphatic carbocycles. The summed E-state index contributed by atoms with van der Waals surface area (Å²) in [6, 6.07) is 24.3. The molecule has 0 spiro atoms. The molecule has 1 fully saturated rings. The van der Waals surface area contributed by atoms with Crippen LogP contribution in [0.5, 0.6) is 5.75 Å². The van der Waals surface area contributed by atoms with Crippen molar-refractivity contribution >= 4 is 22.5 Å². The minimum Gasteiger partial charge on any atom is -0.497 e. The van der Waals surface area contributed by atoms with Gasteiger partial charge in [0.05, 0.1) is 23.9 Å². The summed E-state index contributed by atoms with van der Waals surface area (Å²) in [4.78, 5) is 23.0. The van der Waals surface area contributed by atoms with Crippen molar-refractivity contribution in [3.8, 4) is 17.0 Å². The summed E-state index contributed by atoms with van der Waals surface area (Å²) in [7, 11) is 1.65. The Morgan fingerprint density at radius 1 is 0.882 bits per heavy atom. The average Bonchev–Trinajstić information content (AvgIpc) is 2.88. The Morgan fingerprint density at radius 2 is 1.62 bits per heavy atom. The normalized spacial score (nSPS) is 13.9. The van der Waals surface area contributed by atoms with Gasteiger partial charge in [-0.15, -0.1) is 0 Å². The van der Waals surface area contributed by atoms with Crippen molar-refractivity contribution in [1.82, 2.24) is 9.88 Å². The van der Waals surface area contributed by atoms with Gasteiger partial charge >= 0.3 is 0 Å². The van der Waals surface area contributed by atoms with Gasteiger partial charge in [-0.3, -0.25) is 4.79 Å². The third kappa shape index (κ3) is 4.21. The number of carbonyl (C=O) groups is 1. The Bertz CT molecular complexity index is 1340. The van der Waals surface area contributed by atoms with Gasteiger partial charge in [-0.25, -0.2) is 4.98 Å². The largest absolute Gasteiger partial charge is 0.497 e. The number of hydrogen-bond acceptors (Lipinski definition) is 4. The van der Waals surface area contributed by atoms with Crippen LogP contribution in [0.4, 0.5) is 5.69 Å². The first kappa shape index (κ1) is 22.0. The fraction of sp³-hybridized carbons (Fsp3) is 0.241. The number of pyridine rings is 1. The number of rotatable bonds is 4. The van der Waals surface area contributed by atoms with Gasteiger partial charge in [0.1, 0.15) is 5.75 Å². The number of ether oxygens (including phenoxy) is 1. The zero-order chi connectivity index (χ0) is 23.7. The lowest BCUT2D eigenvalue weighted by molar-refractivity contribution is 0.0748. The van der Waals surface area contributed by atoms with E-state index in [-0.39, 0.29) is 5.91 Å². The maximum atomic E-state index is 13.8. The highest BCUT2D eigenvalue weighted by Crippen LogP contribution is 2.29. The van der Waals surface area contributed by atoms with E-state index in [1.165, 1.54) is 11.3 Å². The average molecular weight is 452 g/mol. The van der Waals surface area contributed by atoms with Gasteiger partial charge in [-0.05, 0) is 67.9 Å². The SMILES string of the molecule is COc1ccc(-c2cc(C(=O)N3CCN(c4ccccc4C)CC3)c3cc(C)ccc3n2)cc1. The quantitative estimate of drug-likeness (QED) is 0.412. The zero-order valence-corrected chi connectivity index (χ0v) is 19.9. The lowest BCUT2D eigenvalue weighted by atomic mass is 10.0. The Balaban J connectivity index is 1.46. The van der Waals surface area contributed by atoms with Crippen LogP contribution in [0, 0.1) is 13.8 Å². The highest BCUT2D eigenvalue weighted by molar-refractivity contribution is 6.07. The highest BCUT2D eigenvalue weighted by Gasteiger charge is 2.25. The number of aromatic nitrogens is 1. The Labute approximate surface area is 200 Å². The van der Waals surface area contributed by atoms with E-state index in [0.29, 0.717) is 18.7 Å². The molecule has 1 aliphatic heterocycles. The maximum Gasteiger partial charge on any atom is 0.254 e. The van der Waals surface area contributed by atoms with Crippen molar-refractivity contribution < 1.29 is 9.53 Å². The molecule has 1 saturated heterocycles. The third-order valence-electron chi connectivity index (χ3n) is 6.60. The van der Waals surface area contributed by atoms with E-state index >= 15 is 0 Å². The number of methoxy groups -OCH3 is 1. The van der Waals surface area contributed by atoms with E-state index in [1.807, 2.05) is 54.3 Å². The van der Waals surface area contributed by atoms with Crippen LogP contribution >= 0.6 is 0 Å². The fourth-order valence-electron chi connectivity index (χ4n) is 4.67. The second kappa shape index (κ2) is 9.18. The molecular weight excluding hydrogens is 422 g/mol. The molecule has 172 valence electrons. The number of amides is 1. The third-order valence-corrected chi connectivity index (χ3v) is 6.60. The first-order valence-corrected chi connectivity index (χ1v) is 11.7. The van der Waals surface area contributed by atoms with E-state index in [1.54, 1.807) is 7.11 Å². The number of para-hydroxylation sites is 1. The molecule has 5 heteroatoms. The molecule has 0 unspecified atom stereocenters. The Hall–Kier alpha value is -3.86. The zero-order valence-electron chi connectivity index (χ0n) is 19.9. The van der Waals surface area contributed by atoms with Crippen molar-refractivity contribution in [2.24, 2.45) is 0 Å². The molecule has 1 amide bonds. The number of nitrogens with zero attached hydrogens (tertiary/aromatic N) is 3. The van der Waals surface area contributed by atoms with Crippen molar-refractivity contribution in [3.05, 3.63) is 89.5 Å². The lowest BCUT2D eigenvalue weighted by Crippen LogP contribution is -2.49. The predicted octanol–water partition coefficient (Wildman–Crippen LogP) is 5.49. The molecule has 1 aromatic heterocycles. The lowest BCUT2D eigenvalue weighted by Gasteiger charge is -2.37. The van der Waals surface area contributed by atoms with Crippen LogP contribution in [0.15, 0.2) is 72.8 Å². The van der Waals surface area contributed by atoms with Crippen LogP contribution < -0.4 is 9.64 Å². The van der Waals surface area contributed by atoms with E-state index < -0.39 is 0 Å². The van der Waals surface area contributed by atoms with Crippen molar-refractivity contribution in [2.75, 3.05) is 38.2 Å². The van der Waals surface area contributed by atoms with Crippen LogP contribution in [0.1, 0.15) is 21.5 Å². The molecule has 1 aliphatic rings. The number of carbonyl (C=O) groups excluding carboxylic acids is 1. The van der Waals surface area contributed by atoms with Crippen molar-refractivity contribution in [2.45, 2.75) is 13.8 Å². The van der Waals surface area contributed by atoms with Crippen molar-refractivity contribution in [1.29, 1.82) is 0 Å². The van der Waals surface area contributed by atoms with E-state index in [9.17, 15) is 4.79 Å². The van der Waals surface area contributed by atoms with Gasteiger partial charge in [0.2, 0.25) is 0 Å². The van der Waals surface area contributed by atoms with Crippen molar-refractivity contribution in [3.63, 3.8) is 0 Å². The smallest absolute Gasteiger partial charge is 0.254 e. The van der Waals surface area contributed by atoms with Gasteiger partial charge in [-0.1, -0.05) is 29.8 Å². The second-order valence-corrected chi connectivity index (χ2v) is 8.87. The van der Waals surface area contributed by atoms with Crippen LogP contribution in [0.2, 0.25) is 0 Å². The molecule has 0 radical (unpaired) electrons. The van der Waals surface area contributed by atoms with Gasteiger partial charge in [0, 0.05) is 42.8 Å². The minimum atomic E-state index is 0.0668. The fourth-order valence-corrected chi connectivity index (χ4v) is 4.67. The topological polar surface area (TPSA) is 45.7 Å². The summed E-state index contributed by atoms with van der Waals surface area (Å²) >= 11 is 0. The van der Waals surface area contributed by atoms with E-state index in [4.69, 9.17) is 9.72 Å². The molecule has 0 saturated carbocycles. The predicted molar refractivity (Wildman–Crippen MR) is 138 cm³/mol. The maximum absolute atomic E-state index is 13.8. The summed E-state index contributed by atoms with van der Waals surface area (Å²) in [5.74, 6) is 0.861. The molecule has 34 heavy (non-hydrogen) atoms. The number of piperazine rings is 1. The molecule has 2 heterocycles. The van der Waals surface area contributed by atoms with E-state index in [2.05, 4.69) is 42.2 Å². The first-order chi connectivity index (χ1) is 16.5. The molecule has 3 aromatic carbocycles. The molecular formula is C29H29N3O2. The van der Waals surface area contributed by atoms with Crippen LogP contribution in [-0.4, -0.2) is 49.1 Å². The first-order valence-electron chi connectivity index (χ1n) is 11.7. The molecule has 5 rings (SSSR count). The second-order valence-electron chi connectivity index (χ2n) is 8.87. The summed E-state index contributed by atoms with van der Waals surface area (Å²) in [6.07, 6.45) is 0. The number of hydrogen-bond donors (Lipinski definition) is 0. The highest BCUT2D eigenvalue weighted by atomic mass is 16.5. The number of anilines is 1. The molecule has 0 atom stereocenters. The number of aryl methyl sites for hydroxylation is 2. The Kier molecular flexibility index (Phi) is 5.93. The molecule has 5 nitrogen and oxygen atoms in total. The van der Waals surface area contributed by atoms with Gasteiger partial charge in [0.25, 0.3) is 5.91 Å². The minimum absolute atomic E-state index is 0.0668. The van der Waals surface area contributed by atoms with Crippen LogP contribution in [-0.2, 0) is 0 Å². The van der Waals surface area contributed by atoms with Crippen LogP contribution in [0.25, 0.3) is 22.2 Å². The van der Waals surface area contributed by atoms with Gasteiger partial charge in [-0.2, -0.15) is 0 Å². The van der Waals surface area contributed by atoms with Gasteiger partial charge in [0.15, 0.2) is 0 Å². The molecule has 0 N–H and O–H groups in total. The monoisotopic (exact) mass is 451 g/mol. The van der Waals surface area contributed by atoms with Crippen LogP contribution in [0.3, 0.4) is 0 Å². The molecule has 0 bridgehead atoms. The Morgan fingerprint density at radius 3 is 2.32 bits per heavy atom. The van der Waals surface area contributed by atoms with Gasteiger partial charge < -0.3 is 14.5 Å². The summed E-state index contributed by atoms with van der Waals surface area (Å²) in [5, 5.41) is 0.906. The number of fused-ring (bicyclic) bond motifs is 1. The number of benzene rings is 3.